The molecule has 0 saturated carbocycles. The van der Waals surface area contributed by atoms with Crippen LogP contribution in [0.3, 0.4) is 0 Å². The molecule has 0 aromatic heterocycles. The lowest BCUT2D eigenvalue weighted by Gasteiger charge is -2.26. The molecule has 0 radical (unpaired) electrons. The lowest BCUT2D eigenvalue weighted by molar-refractivity contribution is -0.145. The maximum Gasteiger partial charge on any atom is 0.242 e. The summed E-state index contributed by atoms with van der Waals surface area (Å²) in [5, 5.41) is 5.85. The second kappa shape index (κ2) is 19.8. The monoisotopic (exact) mass is 573 g/mol. The lowest BCUT2D eigenvalue weighted by Crippen LogP contribution is -2.48. The molecule has 0 rings (SSSR count). The van der Waals surface area contributed by atoms with E-state index in [0.29, 0.717) is 19.0 Å². The molecule has 0 spiro atoms. The molecule has 13 heteroatoms. The Morgan fingerprint density at radius 2 is 1.00 bits per heavy atom. The van der Waals surface area contributed by atoms with Crippen LogP contribution < -0.4 is 10.6 Å². The van der Waals surface area contributed by atoms with Crippen molar-refractivity contribution in [3.8, 4) is 0 Å². The minimum atomic E-state index is -0.466. The van der Waals surface area contributed by atoms with E-state index in [4.69, 9.17) is 0 Å². The fraction of sp³-hybridized carbons (Fsp3) is 0.778. The van der Waals surface area contributed by atoms with Gasteiger partial charge in [-0.25, -0.2) is 0 Å². The van der Waals surface area contributed by atoms with Gasteiger partial charge >= 0.3 is 0 Å². The van der Waals surface area contributed by atoms with E-state index in [2.05, 4.69) is 24.5 Å². The molecule has 0 unspecified atom stereocenters. The third-order valence-electron chi connectivity index (χ3n) is 6.30. The Kier molecular flexibility index (Phi) is 18.2. The standard InChI is InChI=1S/C27H51N7O6.2H2/c1-9-28-15-13-23(36)31(5)17-25(38)33(7)19-27(40)34(8)20-26(39)32(6)18-24(37)30(4)16-22(35)29-14-11-10-12-21(2)3;;/h21,28H,9-20H2,1-8H3,(H,29,35);2*1H. The van der Waals surface area contributed by atoms with Crippen LogP contribution in [0.5, 0.6) is 0 Å². The van der Waals surface area contributed by atoms with Crippen LogP contribution in [-0.4, -0.2) is 148 Å². The van der Waals surface area contributed by atoms with Gasteiger partial charge in [-0.1, -0.05) is 33.6 Å². The fourth-order valence-corrected chi connectivity index (χ4v) is 3.47. The van der Waals surface area contributed by atoms with Gasteiger partial charge in [-0.15, -0.1) is 0 Å². The number of rotatable bonds is 19. The van der Waals surface area contributed by atoms with E-state index in [1.54, 1.807) is 0 Å². The lowest BCUT2D eigenvalue weighted by atomic mass is 10.1. The van der Waals surface area contributed by atoms with Gasteiger partial charge in [0.05, 0.1) is 32.7 Å². The number of carbonyl (C=O) groups is 6. The molecule has 0 fully saturated rings. The van der Waals surface area contributed by atoms with Crippen molar-refractivity contribution >= 4 is 35.4 Å². The molecule has 0 bridgehead atoms. The Bertz CT molecular complexity index is 863. The van der Waals surface area contributed by atoms with E-state index in [0.717, 1.165) is 25.8 Å². The van der Waals surface area contributed by atoms with Crippen molar-refractivity contribution in [1.29, 1.82) is 0 Å². The Morgan fingerprint density at radius 1 is 0.600 bits per heavy atom. The van der Waals surface area contributed by atoms with Crippen molar-refractivity contribution in [1.82, 2.24) is 35.1 Å². The molecule has 2 N–H and O–H groups in total. The number of carbonyl (C=O) groups excluding carboxylic acids is 6. The number of nitrogens with one attached hydrogen (secondary N) is 2. The molecule has 0 aromatic carbocycles. The maximum absolute atomic E-state index is 12.6. The first kappa shape index (κ1) is 36.8. The molecular formula is C27H55N7O6. The van der Waals surface area contributed by atoms with Crippen LogP contribution in [0, 0.1) is 5.92 Å². The van der Waals surface area contributed by atoms with Gasteiger partial charge < -0.3 is 35.1 Å². The summed E-state index contributed by atoms with van der Waals surface area (Å²) in [7, 11) is 7.36. The van der Waals surface area contributed by atoms with Crippen molar-refractivity contribution < 1.29 is 31.6 Å². The van der Waals surface area contributed by atoms with Gasteiger partial charge in [0, 0.05) is 57.6 Å². The molecule has 0 aliphatic carbocycles. The zero-order valence-electron chi connectivity index (χ0n) is 25.7. The van der Waals surface area contributed by atoms with E-state index < -0.39 is 23.6 Å². The number of hydrogen-bond donors (Lipinski definition) is 2. The molecule has 234 valence electrons. The third kappa shape index (κ3) is 16.0. The van der Waals surface area contributed by atoms with Gasteiger partial charge in [0.1, 0.15) is 0 Å². The van der Waals surface area contributed by atoms with Crippen molar-refractivity contribution in [3.05, 3.63) is 0 Å². The highest BCUT2D eigenvalue weighted by Gasteiger charge is 2.23. The Hall–Kier alpha value is -3.22. The molecule has 0 saturated heterocycles. The van der Waals surface area contributed by atoms with Gasteiger partial charge in [-0.05, 0) is 18.9 Å². The largest absolute Gasteiger partial charge is 0.355 e. The summed E-state index contributed by atoms with van der Waals surface area (Å²) < 4.78 is 0. The van der Waals surface area contributed by atoms with E-state index in [1.165, 1.54) is 59.7 Å². The van der Waals surface area contributed by atoms with E-state index >= 15 is 0 Å². The second-order valence-corrected chi connectivity index (χ2v) is 10.6. The highest BCUT2D eigenvalue weighted by molar-refractivity contribution is 5.91. The number of nitrogens with zero attached hydrogens (tertiary/aromatic N) is 5. The second-order valence-electron chi connectivity index (χ2n) is 10.6. The van der Waals surface area contributed by atoms with Gasteiger partial charge in [0.15, 0.2) is 0 Å². The van der Waals surface area contributed by atoms with Crippen molar-refractivity contribution in [2.24, 2.45) is 5.92 Å². The number of amides is 6. The van der Waals surface area contributed by atoms with Crippen LogP contribution in [0.25, 0.3) is 0 Å². The van der Waals surface area contributed by atoms with Crippen LogP contribution in [0.1, 0.15) is 49.3 Å². The number of likely N-dealkylation sites (N-methyl/N-ethyl adjacent to an activating group) is 5. The van der Waals surface area contributed by atoms with Crippen molar-refractivity contribution in [3.63, 3.8) is 0 Å². The molecule has 6 amide bonds. The summed E-state index contributed by atoms with van der Waals surface area (Å²) in [6.45, 7) is 7.00. The van der Waals surface area contributed by atoms with Crippen molar-refractivity contribution in [2.75, 3.05) is 87.6 Å². The first-order valence-corrected chi connectivity index (χ1v) is 13.9. The van der Waals surface area contributed by atoms with Crippen molar-refractivity contribution in [2.45, 2.75) is 46.5 Å². The molecular weight excluding hydrogens is 518 g/mol. The van der Waals surface area contributed by atoms with Gasteiger partial charge in [0.2, 0.25) is 35.4 Å². The smallest absolute Gasteiger partial charge is 0.242 e. The minimum absolute atomic E-state index is 0. The molecule has 13 nitrogen and oxygen atoms in total. The number of hydrogen-bond acceptors (Lipinski definition) is 7. The predicted molar refractivity (Wildman–Crippen MR) is 157 cm³/mol. The summed E-state index contributed by atoms with van der Waals surface area (Å²) in [6, 6.07) is 0. The fourth-order valence-electron chi connectivity index (χ4n) is 3.47. The normalized spacial score (nSPS) is 10.6. The number of unbranched alkanes of at least 4 members (excludes halogenated alkanes) is 1. The van der Waals surface area contributed by atoms with Crippen LogP contribution in [-0.2, 0) is 28.8 Å². The van der Waals surface area contributed by atoms with Crippen LogP contribution >= 0.6 is 0 Å². The van der Waals surface area contributed by atoms with Gasteiger partial charge in [0.25, 0.3) is 0 Å². The summed E-state index contributed by atoms with van der Waals surface area (Å²) >= 11 is 0. The summed E-state index contributed by atoms with van der Waals surface area (Å²) in [4.78, 5) is 80.4. The Labute approximate surface area is 242 Å². The molecule has 0 aromatic rings. The maximum atomic E-state index is 12.6. The quantitative estimate of drug-likeness (QED) is 0.202. The zero-order chi connectivity index (χ0) is 30.8. The van der Waals surface area contributed by atoms with E-state index in [1.807, 2.05) is 6.92 Å². The Morgan fingerprint density at radius 3 is 1.40 bits per heavy atom. The predicted octanol–water partition coefficient (Wildman–Crippen LogP) is -0.287. The topological polar surface area (TPSA) is 143 Å². The third-order valence-corrected chi connectivity index (χ3v) is 6.30. The molecule has 0 atom stereocenters. The minimum Gasteiger partial charge on any atom is -0.355 e. The van der Waals surface area contributed by atoms with Gasteiger partial charge in [-0.2, -0.15) is 0 Å². The van der Waals surface area contributed by atoms with Crippen LogP contribution in [0.15, 0.2) is 0 Å². The summed E-state index contributed by atoms with van der Waals surface area (Å²) in [6.07, 6.45) is 3.27. The first-order valence-electron chi connectivity index (χ1n) is 13.9. The molecule has 0 aliphatic heterocycles. The summed E-state index contributed by atoms with van der Waals surface area (Å²) in [5.41, 5.74) is 0. The van der Waals surface area contributed by atoms with Crippen LogP contribution in [0.2, 0.25) is 0 Å². The SMILES string of the molecule is CCNCCC(=O)N(C)CC(=O)N(C)CC(=O)N(C)CC(=O)N(C)CC(=O)N(C)CC(=O)NCCCCC(C)C.[HH].[HH]. The van der Waals surface area contributed by atoms with E-state index in [-0.39, 0.29) is 53.8 Å². The average Bonchev–Trinajstić information content (AvgIpc) is 2.87. The highest BCUT2D eigenvalue weighted by atomic mass is 16.2. The average molecular weight is 574 g/mol. The van der Waals surface area contributed by atoms with Crippen LogP contribution in [0.4, 0.5) is 0 Å². The zero-order valence-corrected chi connectivity index (χ0v) is 25.7. The van der Waals surface area contributed by atoms with E-state index in [9.17, 15) is 28.8 Å². The Balaban J connectivity index is -0.00000760. The molecule has 40 heavy (non-hydrogen) atoms. The molecule has 0 heterocycles. The summed E-state index contributed by atoms with van der Waals surface area (Å²) in [5.74, 6) is -1.57. The van der Waals surface area contributed by atoms with Gasteiger partial charge in [-0.3, -0.25) is 28.8 Å². The highest BCUT2D eigenvalue weighted by Crippen LogP contribution is 2.05. The first-order chi connectivity index (χ1) is 18.7. The molecule has 0 aliphatic rings.